The van der Waals surface area contributed by atoms with E-state index in [1.165, 1.54) is 25.5 Å². The molecule has 0 saturated carbocycles. The standard InChI is InChI=1S/C13H23N3O4S2/c1-5-16(8-7-15-13(17)20-4)10(2)11-6-9-21-12(11)22(18,19)14-3/h6,9-10,14H,5,7-8H2,1-4H3,(H,15,17). The molecule has 1 unspecified atom stereocenters. The normalized spacial score (nSPS) is 13.1. The number of sulfonamides is 1. The fourth-order valence-corrected chi connectivity index (χ4v) is 4.49. The Labute approximate surface area is 135 Å². The van der Waals surface area contributed by atoms with E-state index in [1.54, 1.807) is 5.38 Å². The highest BCUT2D eigenvalue weighted by molar-refractivity contribution is 7.91. The monoisotopic (exact) mass is 349 g/mol. The molecule has 0 fully saturated rings. The fraction of sp³-hybridized carbons (Fsp3) is 0.615. The van der Waals surface area contributed by atoms with Crippen LogP contribution in [0.1, 0.15) is 25.5 Å². The number of methoxy groups -OCH3 is 1. The number of thiophene rings is 1. The van der Waals surface area contributed by atoms with Crippen molar-refractivity contribution in [2.24, 2.45) is 0 Å². The second-order valence-corrected chi connectivity index (χ2v) is 7.59. The molecule has 0 aliphatic heterocycles. The van der Waals surface area contributed by atoms with Crippen LogP contribution in [0.15, 0.2) is 15.7 Å². The average Bonchev–Trinajstić information content (AvgIpc) is 3.01. The lowest BCUT2D eigenvalue weighted by Crippen LogP contribution is -2.36. The summed E-state index contributed by atoms with van der Waals surface area (Å²) in [4.78, 5) is 13.2. The lowest BCUT2D eigenvalue weighted by atomic mass is 10.1. The smallest absolute Gasteiger partial charge is 0.406 e. The number of nitrogens with zero attached hydrogens (tertiary/aromatic N) is 1. The Hall–Kier alpha value is -1.16. The number of carbonyl (C=O) groups excluding carboxylic acids is 1. The topological polar surface area (TPSA) is 87.7 Å². The van der Waals surface area contributed by atoms with Gasteiger partial charge in [-0.1, -0.05) is 6.92 Å². The van der Waals surface area contributed by atoms with Crippen molar-refractivity contribution in [3.63, 3.8) is 0 Å². The molecule has 0 spiro atoms. The van der Waals surface area contributed by atoms with Crippen LogP contribution in [-0.2, 0) is 14.8 Å². The van der Waals surface area contributed by atoms with Gasteiger partial charge in [0.25, 0.3) is 0 Å². The number of hydrogen-bond acceptors (Lipinski definition) is 6. The fourth-order valence-electron chi connectivity index (χ4n) is 2.12. The number of ether oxygens (including phenoxy) is 1. The molecule has 0 bridgehead atoms. The summed E-state index contributed by atoms with van der Waals surface area (Å²) in [7, 11) is -0.739. The number of likely N-dealkylation sites (N-methyl/N-ethyl adjacent to an activating group) is 1. The third-order valence-electron chi connectivity index (χ3n) is 3.43. The van der Waals surface area contributed by atoms with Crippen molar-refractivity contribution in [2.45, 2.75) is 24.1 Å². The molecule has 0 saturated heterocycles. The number of rotatable bonds is 8. The molecule has 1 aromatic rings. The molecular weight excluding hydrogens is 326 g/mol. The Morgan fingerprint density at radius 3 is 2.73 bits per heavy atom. The van der Waals surface area contributed by atoms with E-state index in [-0.39, 0.29) is 6.04 Å². The van der Waals surface area contributed by atoms with E-state index in [0.29, 0.717) is 17.3 Å². The SMILES string of the molecule is CCN(CCNC(=O)OC)C(C)c1ccsc1S(=O)(=O)NC. The Kier molecular flexibility index (Phi) is 7.27. The predicted octanol–water partition coefficient (Wildman–Crippen LogP) is 1.40. The summed E-state index contributed by atoms with van der Waals surface area (Å²) in [5, 5.41) is 4.40. The van der Waals surface area contributed by atoms with Crippen molar-refractivity contribution >= 4 is 27.5 Å². The highest BCUT2D eigenvalue weighted by atomic mass is 32.2. The van der Waals surface area contributed by atoms with Gasteiger partial charge in [0.05, 0.1) is 7.11 Å². The van der Waals surface area contributed by atoms with Gasteiger partial charge in [-0.2, -0.15) is 0 Å². The second kappa shape index (κ2) is 8.47. The molecule has 0 aromatic carbocycles. The van der Waals surface area contributed by atoms with Gasteiger partial charge >= 0.3 is 6.09 Å². The third kappa shape index (κ3) is 4.67. The van der Waals surface area contributed by atoms with Crippen LogP contribution in [0.25, 0.3) is 0 Å². The molecule has 7 nitrogen and oxygen atoms in total. The molecule has 1 rings (SSSR count). The van der Waals surface area contributed by atoms with Crippen molar-refractivity contribution in [1.29, 1.82) is 0 Å². The number of nitrogens with one attached hydrogen (secondary N) is 2. The van der Waals surface area contributed by atoms with E-state index in [0.717, 1.165) is 12.1 Å². The molecule has 22 heavy (non-hydrogen) atoms. The number of amides is 1. The van der Waals surface area contributed by atoms with Gasteiger partial charge in [0.2, 0.25) is 10.0 Å². The summed E-state index contributed by atoms with van der Waals surface area (Å²) in [5.41, 5.74) is 0.763. The maximum absolute atomic E-state index is 12.0. The molecule has 1 atom stereocenters. The van der Waals surface area contributed by atoms with Gasteiger partial charge < -0.3 is 10.1 Å². The molecule has 1 aromatic heterocycles. The summed E-state index contributed by atoms with van der Waals surface area (Å²) >= 11 is 1.20. The Morgan fingerprint density at radius 2 is 2.18 bits per heavy atom. The van der Waals surface area contributed by atoms with Gasteiger partial charge in [-0.15, -0.1) is 11.3 Å². The molecule has 9 heteroatoms. The van der Waals surface area contributed by atoms with Crippen LogP contribution < -0.4 is 10.0 Å². The predicted molar refractivity (Wildman–Crippen MR) is 86.6 cm³/mol. The Balaban J connectivity index is 2.83. The zero-order valence-corrected chi connectivity index (χ0v) is 14.9. The van der Waals surface area contributed by atoms with Crippen LogP contribution in [-0.4, -0.2) is 53.2 Å². The largest absolute Gasteiger partial charge is 0.453 e. The van der Waals surface area contributed by atoms with Crippen LogP contribution in [0.2, 0.25) is 0 Å². The summed E-state index contributed by atoms with van der Waals surface area (Å²) in [5.74, 6) is 0. The van der Waals surface area contributed by atoms with Crippen molar-refractivity contribution in [3.05, 3.63) is 17.0 Å². The second-order valence-electron chi connectivity index (χ2n) is 4.59. The maximum atomic E-state index is 12.0. The van der Waals surface area contributed by atoms with E-state index in [4.69, 9.17) is 0 Å². The molecule has 1 heterocycles. The van der Waals surface area contributed by atoms with Crippen molar-refractivity contribution in [1.82, 2.24) is 14.9 Å². The van der Waals surface area contributed by atoms with Crippen LogP contribution in [0, 0.1) is 0 Å². The zero-order chi connectivity index (χ0) is 16.8. The van der Waals surface area contributed by atoms with E-state index >= 15 is 0 Å². The first-order chi connectivity index (χ1) is 10.4. The third-order valence-corrected chi connectivity index (χ3v) is 6.36. The van der Waals surface area contributed by atoms with Crippen LogP contribution in [0.5, 0.6) is 0 Å². The first kappa shape index (κ1) is 18.9. The van der Waals surface area contributed by atoms with Gasteiger partial charge in [0.15, 0.2) is 0 Å². The molecule has 126 valence electrons. The molecule has 1 amide bonds. The average molecular weight is 349 g/mol. The highest BCUT2D eigenvalue weighted by Crippen LogP contribution is 2.30. The molecule has 0 aliphatic rings. The quantitative estimate of drug-likeness (QED) is 0.741. The highest BCUT2D eigenvalue weighted by Gasteiger charge is 2.24. The first-order valence-corrected chi connectivity index (χ1v) is 9.30. The van der Waals surface area contributed by atoms with E-state index < -0.39 is 16.1 Å². The summed E-state index contributed by atoms with van der Waals surface area (Å²) < 4.78 is 31.3. The van der Waals surface area contributed by atoms with Gasteiger partial charge in [-0.3, -0.25) is 4.90 Å². The number of carbonyl (C=O) groups is 1. The summed E-state index contributed by atoms with van der Waals surface area (Å²) in [6, 6.07) is 1.75. The molecule has 0 radical (unpaired) electrons. The molecule has 2 N–H and O–H groups in total. The summed E-state index contributed by atoms with van der Waals surface area (Å²) in [6.45, 7) is 5.72. The van der Waals surface area contributed by atoms with Crippen LogP contribution in [0.3, 0.4) is 0 Å². The van der Waals surface area contributed by atoms with Gasteiger partial charge in [0.1, 0.15) is 4.21 Å². The summed E-state index contributed by atoms with van der Waals surface area (Å²) in [6.07, 6.45) is -0.474. The van der Waals surface area contributed by atoms with Crippen molar-refractivity contribution in [2.75, 3.05) is 33.8 Å². The van der Waals surface area contributed by atoms with Gasteiger partial charge in [-0.25, -0.2) is 17.9 Å². The van der Waals surface area contributed by atoms with E-state index in [2.05, 4.69) is 19.7 Å². The maximum Gasteiger partial charge on any atom is 0.406 e. The molecular formula is C13H23N3O4S2. The number of alkyl carbamates (subject to hydrolysis) is 1. The van der Waals surface area contributed by atoms with E-state index in [1.807, 2.05) is 19.9 Å². The van der Waals surface area contributed by atoms with Gasteiger partial charge in [-0.05, 0) is 37.5 Å². The van der Waals surface area contributed by atoms with Crippen LogP contribution >= 0.6 is 11.3 Å². The first-order valence-electron chi connectivity index (χ1n) is 6.94. The lowest BCUT2D eigenvalue weighted by molar-refractivity contribution is 0.165. The zero-order valence-electron chi connectivity index (χ0n) is 13.3. The minimum atomic E-state index is -3.46. The van der Waals surface area contributed by atoms with Gasteiger partial charge in [0, 0.05) is 19.1 Å². The number of hydrogen-bond donors (Lipinski definition) is 2. The Morgan fingerprint density at radius 1 is 1.50 bits per heavy atom. The minimum Gasteiger partial charge on any atom is -0.453 e. The minimum absolute atomic E-state index is 0.0752. The van der Waals surface area contributed by atoms with Crippen molar-refractivity contribution in [3.8, 4) is 0 Å². The van der Waals surface area contributed by atoms with Crippen molar-refractivity contribution < 1.29 is 17.9 Å². The molecule has 0 aliphatic carbocycles. The Bertz CT molecular complexity index is 586. The van der Waals surface area contributed by atoms with E-state index in [9.17, 15) is 13.2 Å². The van der Waals surface area contributed by atoms with Crippen LogP contribution in [0.4, 0.5) is 4.79 Å². The lowest BCUT2D eigenvalue weighted by Gasteiger charge is -2.28.